The molecule has 0 bridgehead atoms. The van der Waals surface area contributed by atoms with Gasteiger partial charge in [-0.3, -0.25) is 9.59 Å². The van der Waals surface area contributed by atoms with E-state index in [9.17, 15) is 14.4 Å². The molecule has 2 aromatic rings. The molecule has 1 amide bonds. The SMILES string of the molecule is CC[C@@H](NC(=O)COC(=O)c1ccccc1SCC(C)=O)c1ccc(C)cc1. The van der Waals surface area contributed by atoms with Crippen molar-refractivity contribution in [3.8, 4) is 0 Å². The number of ether oxygens (including phenoxy) is 1. The zero-order valence-electron chi connectivity index (χ0n) is 16.4. The highest BCUT2D eigenvalue weighted by Gasteiger charge is 2.17. The molecule has 1 atom stereocenters. The summed E-state index contributed by atoms with van der Waals surface area (Å²) in [4.78, 5) is 36.5. The van der Waals surface area contributed by atoms with Crippen LogP contribution in [-0.4, -0.2) is 30.0 Å². The molecule has 28 heavy (non-hydrogen) atoms. The van der Waals surface area contributed by atoms with Gasteiger partial charge in [0.1, 0.15) is 5.78 Å². The molecule has 5 nitrogen and oxygen atoms in total. The van der Waals surface area contributed by atoms with Gasteiger partial charge in [-0.2, -0.15) is 0 Å². The third-order valence-corrected chi connectivity index (χ3v) is 5.31. The summed E-state index contributed by atoms with van der Waals surface area (Å²) in [6.07, 6.45) is 0.729. The minimum absolute atomic E-state index is 0.0225. The number of nitrogens with one attached hydrogen (secondary N) is 1. The van der Waals surface area contributed by atoms with Gasteiger partial charge >= 0.3 is 5.97 Å². The number of amides is 1. The topological polar surface area (TPSA) is 72.5 Å². The number of carbonyl (C=O) groups is 3. The highest BCUT2D eigenvalue weighted by atomic mass is 32.2. The van der Waals surface area contributed by atoms with E-state index in [4.69, 9.17) is 4.74 Å². The second-order valence-corrected chi connectivity index (χ2v) is 7.52. The molecule has 1 N–H and O–H groups in total. The summed E-state index contributed by atoms with van der Waals surface area (Å²) in [5.74, 6) is -0.631. The minimum atomic E-state index is -0.579. The number of benzene rings is 2. The Bertz CT molecular complexity index is 833. The number of hydrogen-bond acceptors (Lipinski definition) is 5. The van der Waals surface area contributed by atoms with Crippen LogP contribution in [0.25, 0.3) is 0 Å². The number of hydrogen-bond donors (Lipinski definition) is 1. The first-order valence-electron chi connectivity index (χ1n) is 9.15. The quantitative estimate of drug-likeness (QED) is 0.508. The number of esters is 1. The third-order valence-electron chi connectivity index (χ3n) is 4.10. The summed E-state index contributed by atoms with van der Waals surface area (Å²) >= 11 is 1.28. The lowest BCUT2D eigenvalue weighted by Crippen LogP contribution is -2.32. The van der Waals surface area contributed by atoms with E-state index in [-0.39, 0.29) is 30.1 Å². The molecule has 0 saturated heterocycles. The molecule has 0 heterocycles. The Morgan fingerprint density at radius 3 is 2.39 bits per heavy atom. The van der Waals surface area contributed by atoms with Gasteiger partial charge in [-0.1, -0.05) is 48.9 Å². The monoisotopic (exact) mass is 399 g/mol. The summed E-state index contributed by atoms with van der Waals surface area (Å²) in [5, 5.41) is 2.90. The fourth-order valence-corrected chi connectivity index (χ4v) is 3.45. The predicted octanol–water partition coefficient (Wildman–Crippen LogP) is 4.10. The lowest BCUT2D eigenvalue weighted by Gasteiger charge is -2.18. The first kappa shape index (κ1) is 21.7. The van der Waals surface area contributed by atoms with Gasteiger partial charge in [-0.05, 0) is 38.0 Å². The van der Waals surface area contributed by atoms with Gasteiger partial charge in [-0.25, -0.2) is 4.79 Å². The van der Waals surface area contributed by atoms with Crippen LogP contribution in [0.3, 0.4) is 0 Å². The van der Waals surface area contributed by atoms with Crippen LogP contribution in [0.2, 0.25) is 0 Å². The number of thioether (sulfide) groups is 1. The maximum atomic E-state index is 12.4. The van der Waals surface area contributed by atoms with Gasteiger partial charge in [0.15, 0.2) is 6.61 Å². The van der Waals surface area contributed by atoms with Crippen molar-refractivity contribution in [2.45, 2.75) is 38.1 Å². The Kier molecular flexibility index (Phi) is 8.26. The predicted molar refractivity (Wildman–Crippen MR) is 110 cm³/mol. The number of ketones is 1. The van der Waals surface area contributed by atoms with Crippen molar-refractivity contribution in [3.05, 3.63) is 65.2 Å². The molecular weight excluding hydrogens is 374 g/mol. The summed E-state index contributed by atoms with van der Waals surface area (Å²) in [6.45, 7) is 5.14. The number of carbonyl (C=O) groups excluding carboxylic acids is 3. The van der Waals surface area contributed by atoms with Crippen molar-refractivity contribution in [2.75, 3.05) is 12.4 Å². The van der Waals surface area contributed by atoms with E-state index in [2.05, 4.69) is 5.32 Å². The average molecular weight is 400 g/mol. The Balaban J connectivity index is 1.94. The summed E-state index contributed by atoms with van der Waals surface area (Å²) in [5.41, 5.74) is 2.52. The molecule has 0 aliphatic heterocycles. The maximum Gasteiger partial charge on any atom is 0.339 e. The van der Waals surface area contributed by atoms with Crippen LogP contribution in [0, 0.1) is 6.92 Å². The zero-order valence-corrected chi connectivity index (χ0v) is 17.2. The van der Waals surface area contributed by atoms with Crippen molar-refractivity contribution >= 4 is 29.4 Å². The number of Topliss-reactive ketones (excluding diaryl/α,β-unsaturated/α-hetero) is 1. The van der Waals surface area contributed by atoms with Gasteiger partial charge in [0.25, 0.3) is 5.91 Å². The lowest BCUT2D eigenvalue weighted by molar-refractivity contribution is -0.125. The van der Waals surface area contributed by atoms with E-state index in [1.807, 2.05) is 38.1 Å². The summed E-state index contributed by atoms with van der Waals surface area (Å²) < 4.78 is 5.19. The summed E-state index contributed by atoms with van der Waals surface area (Å²) in [6, 6.07) is 14.7. The van der Waals surface area contributed by atoms with Crippen LogP contribution >= 0.6 is 11.8 Å². The minimum Gasteiger partial charge on any atom is -0.452 e. The van der Waals surface area contributed by atoms with Gasteiger partial charge in [0, 0.05) is 4.90 Å². The van der Waals surface area contributed by atoms with Crippen molar-refractivity contribution in [3.63, 3.8) is 0 Å². The number of aryl methyl sites for hydroxylation is 1. The molecule has 0 saturated carbocycles. The first-order valence-corrected chi connectivity index (χ1v) is 10.1. The second kappa shape index (κ2) is 10.7. The molecule has 0 aliphatic carbocycles. The fourth-order valence-electron chi connectivity index (χ4n) is 2.61. The van der Waals surface area contributed by atoms with Crippen LogP contribution < -0.4 is 5.32 Å². The Hall–Kier alpha value is -2.60. The molecule has 2 aromatic carbocycles. The van der Waals surface area contributed by atoms with Crippen molar-refractivity contribution in [2.24, 2.45) is 0 Å². The largest absolute Gasteiger partial charge is 0.452 e. The molecule has 0 aliphatic rings. The van der Waals surface area contributed by atoms with Crippen LogP contribution in [-0.2, 0) is 14.3 Å². The Morgan fingerprint density at radius 2 is 1.75 bits per heavy atom. The third kappa shape index (κ3) is 6.53. The molecule has 148 valence electrons. The standard InChI is InChI=1S/C22H25NO4S/c1-4-19(17-11-9-15(2)10-12-17)23-21(25)13-27-22(26)18-7-5-6-8-20(18)28-14-16(3)24/h5-12,19H,4,13-14H2,1-3H3,(H,23,25)/t19-/m1/s1. The highest BCUT2D eigenvalue weighted by molar-refractivity contribution is 8.00. The Morgan fingerprint density at radius 1 is 1.07 bits per heavy atom. The van der Waals surface area contributed by atoms with Crippen molar-refractivity contribution < 1.29 is 19.1 Å². The van der Waals surface area contributed by atoms with Crippen LogP contribution in [0.5, 0.6) is 0 Å². The Labute approximate surface area is 169 Å². The molecular formula is C22H25NO4S. The van der Waals surface area contributed by atoms with E-state index < -0.39 is 5.97 Å². The molecule has 0 radical (unpaired) electrons. The fraction of sp³-hybridized carbons (Fsp3) is 0.318. The van der Waals surface area contributed by atoms with Gasteiger partial charge in [-0.15, -0.1) is 11.8 Å². The second-order valence-electron chi connectivity index (χ2n) is 6.50. The normalized spacial score (nSPS) is 11.5. The van der Waals surface area contributed by atoms with Gasteiger partial charge in [0.05, 0.1) is 17.4 Å². The average Bonchev–Trinajstić information content (AvgIpc) is 2.69. The molecule has 6 heteroatoms. The highest BCUT2D eigenvalue weighted by Crippen LogP contribution is 2.23. The van der Waals surface area contributed by atoms with Crippen LogP contribution in [0.1, 0.15) is 47.8 Å². The summed E-state index contributed by atoms with van der Waals surface area (Å²) in [7, 11) is 0. The van der Waals surface area contributed by atoms with E-state index in [1.54, 1.807) is 24.3 Å². The molecule has 2 rings (SSSR count). The van der Waals surface area contributed by atoms with E-state index >= 15 is 0 Å². The van der Waals surface area contributed by atoms with Crippen molar-refractivity contribution in [1.82, 2.24) is 5.32 Å². The lowest BCUT2D eigenvalue weighted by atomic mass is 10.0. The smallest absolute Gasteiger partial charge is 0.339 e. The van der Waals surface area contributed by atoms with Gasteiger partial charge < -0.3 is 10.1 Å². The molecule has 0 fully saturated rings. The van der Waals surface area contributed by atoms with E-state index in [0.717, 1.165) is 17.5 Å². The van der Waals surface area contributed by atoms with E-state index in [1.165, 1.54) is 18.7 Å². The molecule has 0 unspecified atom stereocenters. The van der Waals surface area contributed by atoms with E-state index in [0.29, 0.717) is 10.5 Å². The zero-order chi connectivity index (χ0) is 20.5. The van der Waals surface area contributed by atoms with Crippen molar-refractivity contribution in [1.29, 1.82) is 0 Å². The first-order chi connectivity index (χ1) is 13.4. The number of rotatable bonds is 9. The van der Waals surface area contributed by atoms with Crippen LogP contribution in [0.4, 0.5) is 0 Å². The molecule has 0 aromatic heterocycles. The van der Waals surface area contributed by atoms with Crippen LogP contribution in [0.15, 0.2) is 53.4 Å². The van der Waals surface area contributed by atoms with Gasteiger partial charge in [0.2, 0.25) is 0 Å². The maximum absolute atomic E-state index is 12.4. The molecule has 0 spiro atoms.